The Bertz CT molecular complexity index is 985. The summed E-state index contributed by atoms with van der Waals surface area (Å²) in [5.41, 5.74) is 1.96. The molecule has 0 fully saturated rings. The molecule has 1 aromatic heterocycles. The molecule has 3 aromatic rings. The van der Waals surface area contributed by atoms with E-state index in [9.17, 15) is 0 Å². The number of hydrogen-bond acceptors (Lipinski definition) is 5. The fraction of sp³-hybridized carbons (Fsp3) is 0.318. The van der Waals surface area contributed by atoms with E-state index in [4.69, 9.17) is 14.5 Å². The zero-order valence-electron chi connectivity index (χ0n) is 17.8. The molecule has 0 bridgehead atoms. The Kier molecular flexibility index (Phi) is 7.26. The van der Waals surface area contributed by atoms with E-state index in [1.54, 1.807) is 7.11 Å². The highest BCUT2D eigenvalue weighted by atomic mass is 16.5. The summed E-state index contributed by atoms with van der Waals surface area (Å²) in [6, 6.07) is 15.8. The molecule has 0 aliphatic carbocycles. The highest BCUT2D eigenvalue weighted by Gasteiger charge is 2.09. The summed E-state index contributed by atoms with van der Waals surface area (Å²) >= 11 is 0. The zero-order chi connectivity index (χ0) is 21.3. The van der Waals surface area contributed by atoms with Gasteiger partial charge in [-0.25, -0.2) is 4.99 Å². The number of anilines is 1. The molecule has 1 heterocycles. The fourth-order valence-electron chi connectivity index (χ4n) is 2.82. The van der Waals surface area contributed by atoms with Crippen molar-refractivity contribution in [3.63, 3.8) is 0 Å². The third-order valence-electron chi connectivity index (χ3n) is 4.59. The highest BCUT2D eigenvalue weighted by Crippen LogP contribution is 2.30. The monoisotopic (exact) mass is 408 g/mol. The van der Waals surface area contributed by atoms with E-state index in [2.05, 4.69) is 20.8 Å². The summed E-state index contributed by atoms with van der Waals surface area (Å²) in [5, 5.41) is 15.0. The van der Waals surface area contributed by atoms with Crippen molar-refractivity contribution < 1.29 is 9.47 Å². The summed E-state index contributed by atoms with van der Waals surface area (Å²) in [6.07, 6.45) is 0. The lowest BCUT2D eigenvalue weighted by molar-refractivity contribution is 0.311. The average molecular weight is 409 g/mol. The van der Waals surface area contributed by atoms with Crippen LogP contribution in [0.15, 0.2) is 53.5 Å². The number of rotatable bonds is 8. The second kappa shape index (κ2) is 10.3. The molecule has 0 unspecified atom stereocenters. The van der Waals surface area contributed by atoms with Crippen LogP contribution in [0.3, 0.4) is 0 Å². The molecule has 0 atom stereocenters. The largest absolute Gasteiger partial charge is 0.493 e. The first-order valence-electron chi connectivity index (χ1n) is 9.85. The number of benzene rings is 2. The van der Waals surface area contributed by atoms with Crippen molar-refractivity contribution in [2.45, 2.75) is 26.9 Å². The van der Waals surface area contributed by atoms with Crippen LogP contribution in [0.2, 0.25) is 0 Å². The van der Waals surface area contributed by atoms with Gasteiger partial charge in [0.05, 0.1) is 26.8 Å². The Hall–Kier alpha value is -3.55. The van der Waals surface area contributed by atoms with E-state index in [0.29, 0.717) is 37.2 Å². The summed E-state index contributed by atoms with van der Waals surface area (Å²) in [4.78, 5) is 4.72. The van der Waals surface area contributed by atoms with Crippen molar-refractivity contribution in [1.82, 2.24) is 20.1 Å². The number of aliphatic imine (C=N–C) groups is 1. The Morgan fingerprint density at radius 1 is 1.10 bits per heavy atom. The second-order valence-corrected chi connectivity index (χ2v) is 6.65. The first-order chi connectivity index (χ1) is 14.6. The smallest absolute Gasteiger partial charge is 0.196 e. The van der Waals surface area contributed by atoms with Gasteiger partial charge in [0.25, 0.3) is 0 Å². The van der Waals surface area contributed by atoms with Crippen molar-refractivity contribution in [3.8, 4) is 11.5 Å². The summed E-state index contributed by atoms with van der Waals surface area (Å²) in [6.45, 7) is 5.45. The van der Waals surface area contributed by atoms with Crippen LogP contribution in [0.1, 0.15) is 24.1 Å². The van der Waals surface area contributed by atoms with E-state index < -0.39 is 0 Å². The SMILES string of the molecule is CCOc1cc(NC(=NCc2ccccc2)NCc2nnc(C)n2C)ccc1OC. The van der Waals surface area contributed by atoms with E-state index in [1.165, 1.54) is 0 Å². The zero-order valence-corrected chi connectivity index (χ0v) is 17.8. The van der Waals surface area contributed by atoms with Crippen LogP contribution >= 0.6 is 0 Å². The van der Waals surface area contributed by atoms with E-state index in [-0.39, 0.29) is 0 Å². The normalized spacial score (nSPS) is 11.3. The third kappa shape index (κ3) is 5.50. The molecule has 8 nitrogen and oxygen atoms in total. The van der Waals surface area contributed by atoms with Crippen LogP contribution in [0.25, 0.3) is 0 Å². The van der Waals surface area contributed by atoms with Crippen LogP contribution in [0.5, 0.6) is 11.5 Å². The minimum Gasteiger partial charge on any atom is -0.493 e. The maximum atomic E-state index is 5.68. The quantitative estimate of drug-likeness (QED) is 0.439. The van der Waals surface area contributed by atoms with Gasteiger partial charge in [-0.1, -0.05) is 30.3 Å². The van der Waals surface area contributed by atoms with Gasteiger partial charge in [-0.15, -0.1) is 10.2 Å². The third-order valence-corrected chi connectivity index (χ3v) is 4.59. The lowest BCUT2D eigenvalue weighted by atomic mass is 10.2. The molecule has 8 heteroatoms. The maximum Gasteiger partial charge on any atom is 0.196 e. The van der Waals surface area contributed by atoms with Crippen LogP contribution < -0.4 is 20.1 Å². The Morgan fingerprint density at radius 2 is 1.90 bits per heavy atom. The lowest BCUT2D eigenvalue weighted by Crippen LogP contribution is -2.31. The van der Waals surface area contributed by atoms with Crippen LogP contribution in [0.4, 0.5) is 5.69 Å². The molecule has 0 saturated carbocycles. The minimum atomic E-state index is 0.492. The lowest BCUT2D eigenvalue weighted by Gasteiger charge is -2.15. The predicted molar refractivity (Wildman–Crippen MR) is 118 cm³/mol. The average Bonchev–Trinajstić information content (AvgIpc) is 3.09. The molecule has 2 N–H and O–H groups in total. The number of methoxy groups -OCH3 is 1. The number of guanidine groups is 1. The van der Waals surface area contributed by atoms with Crippen molar-refractivity contribution in [2.24, 2.45) is 12.0 Å². The number of nitrogens with one attached hydrogen (secondary N) is 2. The van der Waals surface area contributed by atoms with Crippen LogP contribution in [-0.4, -0.2) is 34.4 Å². The molecule has 30 heavy (non-hydrogen) atoms. The van der Waals surface area contributed by atoms with Gasteiger partial charge in [-0.3, -0.25) is 0 Å². The topological polar surface area (TPSA) is 85.6 Å². The Balaban J connectivity index is 1.79. The number of hydrogen-bond donors (Lipinski definition) is 2. The van der Waals surface area contributed by atoms with Crippen molar-refractivity contribution in [3.05, 3.63) is 65.7 Å². The standard InChI is InChI=1S/C22H28N6O2/c1-5-30-20-13-18(11-12-19(20)29-4)25-22(23-14-17-9-7-6-8-10-17)24-15-21-27-26-16(2)28(21)3/h6-13H,5,14-15H2,1-4H3,(H2,23,24,25). The van der Waals surface area contributed by atoms with Gasteiger partial charge in [0.1, 0.15) is 5.82 Å². The van der Waals surface area contributed by atoms with Gasteiger partial charge >= 0.3 is 0 Å². The van der Waals surface area contributed by atoms with Gasteiger partial charge < -0.3 is 24.7 Å². The molecule has 0 saturated heterocycles. The first-order valence-corrected chi connectivity index (χ1v) is 9.85. The summed E-state index contributed by atoms with van der Waals surface area (Å²) in [7, 11) is 3.57. The summed E-state index contributed by atoms with van der Waals surface area (Å²) in [5.74, 6) is 3.68. The minimum absolute atomic E-state index is 0.492. The molecule has 0 spiro atoms. The second-order valence-electron chi connectivity index (χ2n) is 6.65. The van der Waals surface area contributed by atoms with Gasteiger partial charge in [-0.05, 0) is 31.5 Å². The number of aromatic nitrogens is 3. The van der Waals surface area contributed by atoms with Gasteiger partial charge in [0.15, 0.2) is 23.3 Å². The van der Waals surface area contributed by atoms with Crippen LogP contribution in [-0.2, 0) is 20.1 Å². The predicted octanol–water partition coefficient (Wildman–Crippen LogP) is 3.29. The highest BCUT2D eigenvalue weighted by molar-refractivity contribution is 5.93. The molecule has 0 aliphatic heterocycles. The van der Waals surface area contributed by atoms with Crippen molar-refractivity contribution in [1.29, 1.82) is 0 Å². The Labute approximate surface area is 177 Å². The summed E-state index contributed by atoms with van der Waals surface area (Å²) < 4.78 is 13.0. The van der Waals surface area contributed by atoms with E-state index >= 15 is 0 Å². The number of nitrogens with zero attached hydrogens (tertiary/aromatic N) is 4. The number of aryl methyl sites for hydroxylation is 1. The fourth-order valence-corrected chi connectivity index (χ4v) is 2.82. The first kappa shape index (κ1) is 21.2. The molecule has 0 amide bonds. The molecule has 3 rings (SSSR count). The van der Waals surface area contributed by atoms with Gasteiger partial charge in [0.2, 0.25) is 0 Å². The molecule has 158 valence electrons. The van der Waals surface area contributed by atoms with Crippen molar-refractivity contribution >= 4 is 11.6 Å². The molecular weight excluding hydrogens is 380 g/mol. The Morgan fingerprint density at radius 3 is 2.57 bits per heavy atom. The molecular formula is C22H28N6O2. The van der Waals surface area contributed by atoms with Gasteiger partial charge in [0, 0.05) is 18.8 Å². The van der Waals surface area contributed by atoms with Crippen LogP contribution in [0, 0.1) is 6.92 Å². The van der Waals surface area contributed by atoms with E-state index in [1.807, 2.05) is 74.0 Å². The van der Waals surface area contributed by atoms with Crippen molar-refractivity contribution in [2.75, 3.05) is 19.0 Å². The number of ether oxygens (including phenoxy) is 2. The molecule has 0 aliphatic rings. The van der Waals surface area contributed by atoms with E-state index in [0.717, 1.165) is 22.9 Å². The molecule has 0 radical (unpaired) electrons. The maximum absolute atomic E-state index is 5.68. The van der Waals surface area contributed by atoms with Gasteiger partial charge in [-0.2, -0.15) is 0 Å². The molecule has 2 aromatic carbocycles.